The number of hydrogen-bond acceptors (Lipinski definition) is 7. The molecule has 7 heteroatoms. The fraction of sp³-hybridized carbons (Fsp3) is 0.538. The van der Waals surface area contributed by atoms with Crippen LogP contribution in [0.3, 0.4) is 0 Å². The molecule has 2 aromatic rings. The minimum atomic E-state index is 0.428. The minimum Gasteiger partial charge on any atom is -0.365 e. The molecule has 3 heterocycles. The Hall–Kier alpha value is -1.44. The van der Waals surface area contributed by atoms with Gasteiger partial charge in [-0.05, 0) is 39.4 Å². The topological polar surface area (TPSA) is 79.1 Å². The Morgan fingerprint density at radius 3 is 3.05 bits per heavy atom. The normalized spacial score (nSPS) is 20.2. The molecule has 3 rings (SSSR count). The van der Waals surface area contributed by atoms with Crippen molar-refractivity contribution in [3.05, 3.63) is 10.9 Å². The number of nitrogen functional groups attached to an aromatic ring is 1. The van der Waals surface area contributed by atoms with Crippen molar-refractivity contribution in [1.82, 2.24) is 14.9 Å². The lowest BCUT2D eigenvalue weighted by atomic mass is 10.1. The lowest BCUT2D eigenvalue weighted by molar-refractivity contribution is 0.261. The zero-order valence-electron chi connectivity index (χ0n) is 11.8. The van der Waals surface area contributed by atoms with E-state index in [1.807, 2.05) is 0 Å². The summed E-state index contributed by atoms with van der Waals surface area (Å²) in [6, 6.07) is 2.56. The van der Waals surface area contributed by atoms with Crippen LogP contribution < -0.4 is 16.6 Å². The average molecular weight is 292 g/mol. The van der Waals surface area contributed by atoms with E-state index in [-0.39, 0.29) is 0 Å². The third kappa shape index (κ3) is 2.70. The van der Waals surface area contributed by atoms with Gasteiger partial charge in [0.15, 0.2) is 0 Å². The summed E-state index contributed by atoms with van der Waals surface area (Å²) in [5, 5.41) is 4.64. The summed E-state index contributed by atoms with van der Waals surface area (Å²) in [5.74, 6) is 6.81. The van der Waals surface area contributed by atoms with Crippen molar-refractivity contribution >= 4 is 33.3 Å². The van der Waals surface area contributed by atoms with Crippen LogP contribution in [0.5, 0.6) is 0 Å². The van der Waals surface area contributed by atoms with Gasteiger partial charge in [0.2, 0.25) is 5.95 Å². The SMILES string of the molecule is Cc1cc2c(NC3CCCN(C)C3)nc(NN)nc2s1. The predicted molar refractivity (Wildman–Crippen MR) is 84.1 cm³/mol. The number of nitrogens with two attached hydrogens (primary N) is 1. The van der Waals surface area contributed by atoms with Crippen molar-refractivity contribution in [2.75, 3.05) is 30.9 Å². The second-order valence-corrected chi connectivity index (χ2v) is 6.60. The van der Waals surface area contributed by atoms with Gasteiger partial charge < -0.3 is 10.2 Å². The first-order valence-corrected chi connectivity index (χ1v) is 7.67. The smallest absolute Gasteiger partial charge is 0.240 e. The Morgan fingerprint density at radius 2 is 2.30 bits per heavy atom. The lowest BCUT2D eigenvalue weighted by Crippen LogP contribution is -2.40. The van der Waals surface area contributed by atoms with Gasteiger partial charge in [0, 0.05) is 17.5 Å². The number of piperidine rings is 1. The molecule has 1 aliphatic heterocycles. The highest BCUT2D eigenvalue weighted by Gasteiger charge is 2.19. The van der Waals surface area contributed by atoms with Crippen LogP contribution in [0, 0.1) is 6.92 Å². The molecular weight excluding hydrogens is 272 g/mol. The average Bonchev–Trinajstić information content (AvgIpc) is 2.79. The number of thiophene rings is 1. The van der Waals surface area contributed by atoms with Gasteiger partial charge >= 0.3 is 0 Å². The maximum Gasteiger partial charge on any atom is 0.240 e. The maximum atomic E-state index is 5.47. The number of anilines is 2. The number of fused-ring (bicyclic) bond motifs is 1. The number of nitrogens with zero attached hydrogens (tertiary/aromatic N) is 3. The minimum absolute atomic E-state index is 0.428. The Balaban J connectivity index is 1.92. The van der Waals surface area contributed by atoms with Gasteiger partial charge in [-0.2, -0.15) is 4.98 Å². The van der Waals surface area contributed by atoms with Crippen LogP contribution in [-0.2, 0) is 0 Å². The molecule has 6 nitrogen and oxygen atoms in total. The number of rotatable bonds is 3. The number of hydrogen-bond donors (Lipinski definition) is 3. The van der Waals surface area contributed by atoms with E-state index in [0.29, 0.717) is 12.0 Å². The summed E-state index contributed by atoms with van der Waals surface area (Å²) >= 11 is 1.66. The van der Waals surface area contributed by atoms with Crippen molar-refractivity contribution < 1.29 is 0 Å². The Morgan fingerprint density at radius 1 is 1.45 bits per heavy atom. The number of hydrazine groups is 1. The van der Waals surface area contributed by atoms with Gasteiger partial charge in [-0.15, -0.1) is 11.3 Å². The number of likely N-dealkylation sites (tertiary alicyclic amines) is 1. The summed E-state index contributed by atoms with van der Waals surface area (Å²) in [4.78, 5) is 13.4. The zero-order valence-corrected chi connectivity index (χ0v) is 12.6. The Labute approximate surface area is 122 Å². The van der Waals surface area contributed by atoms with E-state index in [4.69, 9.17) is 5.84 Å². The van der Waals surface area contributed by atoms with E-state index >= 15 is 0 Å². The van der Waals surface area contributed by atoms with E-state index in [9.17, 15) is 0 Å². The predicted octanol–water partition coefficient (Wildman–Crippen LogP) is 1.79. The molecule has 0 amide bonds. The molecule has 0 radical (unpaired) electrons. The van der Waals surface area contributed by atoms with Crippen LogP contribution >= 0.6 is 11.3 Å². The molecule has 0 aromatic carbocycles. The molecular formula is C13H20N6S. The van der Waals surface area contributed by atoms with Crippen LogP contribution in [0.1, 0.15) is 17.7 Å². The van der Waals surface area contributed by atoms with Crippen molar-refractivity contribution in [3.8, 4) is 0 Å². The molecule has 108 valence electrons. The molecule has 4 N–H and O–H groups in total. The van der Waals surface area contributed by atoms with Gasteiger partial charge in [-0.1, -0.05) is 0 Å². The van der Waals surface area contributed by atoms with E-state index in [2.05, 4.69) is 45.6 Å². The fourth-order valence-electron chi connectivity index (χ4n) is 2.69. The molecule has 0 saturated carbocycles. The maximum absolute atomic E-state index is 5.47. The first kappa shape index (κ1) is 13.5. The molecule has 1 unspecified atom stereocenters. The molecule has 0 bridgehead atoms. The van der Waals surface area contributed by atoms with Crippen LogP contribution in [0.25, 0.3) is 10.2 Å². The summed E-state index contributed by atoms with van der Waals surface area (Å²) in [7, 11) is 2.16. The van der Waals surface area contributed by atoms with Crippen LogP contribution in [0.4, 0.5) is 11.8 Å². The summed E-state index contributed by atoms with van der Waals surface area (Å²) in [6.45, 7) is 4.30. The van der Waals surface area contributed by atoms with Crippen LogP contribution in [0.15, 0.2) is 6.07 Å². The Bertz CT molecular complexity index is 610. The van der Waals surface area contributed by atoms with E-state index < -0.39 is 0 Å². The number of nitrogens with one attached hydrogen (secondary N) is 2. The molecule has 1 atom stereocenters. The third-order valence-electron chi connectivity index (χ3n) is 3.61. The quantitative estimate of drug-likeness (QED) is 0.591. The van der Waals surface area contributed by atoms with Gasteiger partial charge in [0.05, 0.1) is 5.39 Å². The van der Waals surface area contributed by atoms with E-state index in [0.717, 1.165) is 22.6 Å². The van der Waals surface area contributed by atoms with Gasteiger partial charge in [0.25, 0.3) is 0 Å². The first-order chi connectivity index (χ1) is 9.65. The summed E-state index contributed by atoms with van der Waals surface area (Å²) in [6.07, 6.45) is 2.39. The highest BCUT2D eigenvalue weighted by atomic mass is 32.1. The summed E-state index contributed by atoms with van der Waals surface area (Å²) < 4.78 is 0. The van der Waals surface area contributed by atoms with Gasteiger partial charge in [-0.3, -0.25) is 5.43 Å². The molecule has 0 spiro atoms. The lowest BCUT2D eigenvalue weighted by Gasteiger charge is -2.30. The second kappa shape index (κ2) is 5.51. The Kier molecular flexibility index (Phi) is 3.73. The number of aromatic nitrogens is 2. The largest absolute Gasteiger partial charge is 0.365 e. The van der Waals surface area contributed by atoms with Crippen molar-refractivity contribution in [2.45, 2.75) is 25.8 Å². The number of aryl methyl sites for hydroxylation is 1. The number of likely N-dealkylation sites (N-methyl/N-ethyl adjacent to an activating group) is 1. The molecule has 2 aromatic heterocycles. The van der Waals surface area contributed by atoms with E-state index in [1.54, 1.807) is 11.3 Å². The highest BCUT2D eigenvalue weighted by Crippen LogP contribution is 2.30. The highest BCUT2D eigenvalue weighted by molar-refractivity contribution is 7.18. The monoisotopic (exact) mass is 292 g/mol. The van der Waals surface area contributed by atoms with Crippen molar-refractivity contribution in [1.29, 1.82) is 0 Å². The zero-order chi connectivity index (χ0) is 14.1. The standard InChI is InChI=1S/C13H20N6S/c1-8-6-10-11(15-9-4-3-5-19(2)7-9)16-13(18-14)17-12(10)20-8/h6,9H,3-5,7,14H2,1-2H3,(H2,15,16,17,18). The first-order valence-electron chi connectivity index (χ1n) is 6.85. The van der Waals surface area contributed by atoms with Gasteiger partial charge in [-0.25, -0.2) is 10.8 Å². The van der Waals surface area contributed by atoms with Crippen LogP contribution in [0.2, 0.25) is 0 Å². The molecule has 1 saturated heterocycles. The molecule has 1 aliphatic rings. The fourth-order valence-corrected chi connectivity index (χ4v) is 3.57. The van der Waals surface area contributed by atoms with Crippen molar-refractivity contribution in [2.24, 2.45) is 5.84 Å². The van der Waals surface area contributed by atoms with E-state index in [1.165, 1.54) is 24.3 Å². The van der Waals surface area contributed by atoms with Crippen molar-refractivity contribution in [3.63, 3.8) is 0 Å². The summed E-state index contributed by atoms with van der Waals surface area (Å²) in [5.41, 5.74) is 2.55. The molecule has 1 fully saturated rings. The van der Waals surface area contributed by atoms with Crippen LogP contribution in [-0.4, -0.2) is 41.0 Å². The molecule has 20 heavy (non-hydrogen) atoms. The third-order valence-corrected chi connectivity index (χ3v) is 4.55. The molecule has 0 aliphatic carbocycles. The van der Waals surface area contributed by atoms with Gasteiger partial charge in [0.1, 0.15) is 10.6 Å². The second-order valence-electron chi connectivity index (χ2n) is 5.36.